The van der Waals surface area contributed by atoms with Crippen molar-refractivity contribution in [2.75, 3.05) is 0 Å². The van der Waals surface area contributed by atoms with Gasteiger partial charge in [-0.3, -0.25) is 0 Å². The summed E-state index contributed by atoms with van der Waals surface area (Å²) in [5.74, 6) is 0.0895. The van der Waals surface area contributed by atoms with Crippen molar-refractivity contribution in [1.82, 2.24) is 0 Å². The van der Waals surface area contributed by atoms with Crippen LogP contribution in [-0.2, 0) is 12.8 Å². The summed E-state index contributed by atoms with van der Waals surface area (Å²) in [6, 6.07) is 78.9. The van der Waals surface area contributed by atoms with Crippen LogP contribution in [0.1, 0.15) is 44.9 Å². The van der Waals surface area contributed by atoms with Gasteiger partial charge >= 0.3 is 0 Å². The van der Waals surface area contributed by atoms with E-state index in [9.17, 15) is 0 Å². The van der Waals surface area contributed by atoms with Crippen LogP contribution >= 0.6 is 0 Å². The van der Waals surface area contributed by atoms with Gasteiger partial charge in [0.05, 0.1) is 0 Å². The van der Waals surface area contributed by atoms with E-state index in [2.05, 4.69) is 212 Å². The van der Waals surface area contributed by atoms with Crippen molar-refractivity contribution in [3.63, 3.8) is 0 Å². The Labute approximate surface area is 335 Å². The predicted octanol–water partition coefficient (Wildman–Crippen LogP) is 14.7. The number of hydrogen-bond acceptors (Lipinski definition) is 0. The van der Waals surface area contributed by atoms with E-state index in [1.165, 1.54) is 106 Å². The third kappa shape index (κ3) is 6.11. The molecule has 9 aromatic carbocycles. The summed E-state index contributed by atoms with van der Waals surface area (Å²) in [5.41, 5.74) is 25.0. The number of rotatable bonds is 7. The van der Waals surface area contributed by atoms with Crippen molar-refractivity contribution in [2.24, 2.45) is 0 Å². The first kappa shape index (κ1) is 33.3. The SMILES string of the molecule is c1ccc(-c2ccc(-c3ccc(C(c4ccc(-c5ccc6c(c5)Cc5ccccc5-6)cc4)c4ccc(-c5ccc6c(c5)Cc5ccccc5-6)cc4)cc3)cc2)cc1. The zero-order chi connectivity index (χ0) is 37.7. The summed E-state index contributed by atoms with van der Waals surface area (Å²) in [6.45, 7) is 0. The molecule has 0 fully saturated rings. The lowest BCUT2D eigenvalue weighted by atomic mass is 9.83. The molecular weight excluding hydrogens is 685 g/mol. The van der Waals surface area contributed by atoms with Gasteiger partial charge in [-0.05, 0) is 119 Å². The van der Waals surface area contributed by atoms with Crippen LogP contribution in [0.15, 0.2) is 212 Å². The number of fused-ring (bicyclic) bond motifs is 6. The van der Waals surface area contributed by atoms with Gasteiger partial charge in [0.15, 0.2) is 0 Å². The fourth-order valence-corrected chi connectivity index (χ4v) is 9.32. The van der Waals surface area contributed by atoms with E-state index >= 15 is 0 Å². The highest BCUT2D eigenvalue weighted by Crippen LogP contribution is 2.41. The van der Waals surface area contributed by atoms with Crippen molar-refractivity contribution >= 4 is 0 Å². The molecule has 57 heavy (non-hydrogen) atoms. The molecule has 0 radical (unpaired) electrons. The number of hydrogen-bond donors (Lipinski definition) is 0. The van der Waals surface area contributed by atoms with Gasteiger partial charge in [-0.15, -0.1) is 0 Å². The molecule has 0 spiro atoms. The Balaban J connectivity index is 0.917. The summed E-state index contributed by atoms with van der Waals surface area (Å²) in [7, 11) is 0. The van der Waals surface area contributed by atoms with E-state index in [-0.39, 0.29) is 5.92 Å². The van der Waals surface area contributed by atoms with E-state index in [4.69, 9.17) is 0 Å². The molecule has 0 heteroatoms. The zero-order valence-corrected chi connectivity index (χ0v) is 31.7. The summed E-state index contributed by atoms with van der Waals surface area (Å²) in [6.07, 6.45) is 2.00. The highest BCUT2D eigenvalue weighted by Gasteiger charge is 2.21. The molecule has 0 aliphatic heterocycles. The van der Waals surface area contributed by atoms with Crippen LogP contribution < -0.4 is 0 Å². The van der Waals surface area contributed by atoms with Crippen LogP contribution in [0.25, 0.3) is 66.8 Å². The molecule has 0 atom stereocenters. The van der Waals surface area contributed by atoms with Crippen LogP contribution in [0.5, 0.6) is 0 Å². The van der Waals surface area contributed by atoms with Crippen molar-refractivity contribution in [3.05, 3.63) is 251 Å². The van der Waals surface area contributed by atoms with Crippen LogP contribution in [-0.4, -0.2) is 0 Å². The molecule has 0 unspecified atom stereocenters. The summed E-state index contributed by atoms with van der Waals surface area (Å²) < 4.78 is 0. The molecule has 0 bridgehead atoms. The maximum absolute atomic E-state index is 2.39. The minimum Gasteiger partial charge on any atom is -0.0622 e. The van der Waals surface area contributed by atoms with Crippen molar-refractivity contribution in [2.45, 2.75) is 18.8 Å². The molecule has 9 aromatic rings. The molecule has 0 nitrogen and oxygen atoms in total. The average Bonchev–Trinajstić information content (AvgIpc) is 3.85. The second kappa shape index (κ2) is 13.9. The fourth-order valence-electron chi connectivity index (χ4n) is 9.32. The zero-order valence-electron chi connectivity index (χ0n) is 31.7. The van der Waals surface area contributed by atoms with E-state index < -0.39 is 0 Å². The first-order valence-corrected chi connectivity index (χ1v) is 20.1. The van der Waals surface area contributed by atoms with Crippen LogP contribution in [0.3, 0.4) is 0 Å². The Kier molecular flexibility index (Phi) is 8.14. The van der Waals surface area contributed by atoms with Crippen LogP contribution in [0.4, 0.5) is 0 Å². The Morgan fingerprint density at radius 3 is 0.947 bits per heavy atom. The summed E-state index contributed by atoms with van der Waals surface area (Å²) in [4.78, 5) is 0. The standard InChI is InChI=1S/C57H40/c1-2-8-38(9-3-1)39-14-16-40(17-15-39)41-18-24-44(25-19-41)57(45-26-20-42(21-27-45)47-30-32-55-51(34-47)36-49-10-4-6-12-53(49)55)46-28-22-43(23-29-46)48-31-33-56-52(35-48)37-50-11-5-7-13-54(50)56/h1-35,57H,36-37H2. The van der Waals surface area contributed by atoms with E-state index in [1.54, 1.807) is 0 Å². The molecule has 0 amide bonds. The molecule has 0 saturated carbocycles. The molecule has 0 saturated heterocycles. The van der Waals surface area contributed by atoms with Gasteiger partial charge in [-0.25, -0.2) is 0 Å². The van der Waals surface area contributed by atoms with Crippen molar-refractivity contribution in [3.8, 4) is 66.8 Å². The quantitative estimate of drug-likeness (QED) is 0.144. The first-order valence-electron chi connectivity index (χ1n) is 20.1. The van der Waals surface area contributed by atoms with E-state index in [0.29, 0.717) is 0 Å². The maximum Gasteiger partial charge on any atom is 0.0340 e. The predicted molar refractivity (Wildman–Crippen MR) is 238 cm³/mol. The molecule has 2 aliphatic rings. The fraction of sp³-hybridized carbons (Fsp3) is 0.0526. The van der Waals surface area contributed by atoms with Gasteiger partial charge < -0.3 is 0 Å². The molecule has 0 heterocycles. The third-order valence-electron chi connectivity index (χ3n) is 12.3. The van der Waals surface area contributed by atoms with Gasteiger partial charge in [0, 0.05) is 5.92 Å². The smallest absolute Gasteiger partial charge is 0.0340 e. The van der Waals surface area contributed by atoms with Gasteiger partial charge in [-0.1, -0.05) is 212 Å². The molecule has 268 valence electrons. The normalized spacial score (nSPS) is 12.2. The second-order valence-electron chi connectivity index (χ2n) is 15.7. The minimum absolute atomic E-state index is 0.0895. The van der Waals surface area contributed by atoms with Gasteiger partial charge in [0.2, 0.25) is 0 Å². The largest absolute Gasteiger partial charge is 0.0622 e. The highest BCUT2D eigenvalue weighted by molar-refractivity contribution is 5.82. The first-order chi connectivity index (χ1) is 28.2. The lowest BCUT2D eigenvalue weighted by Gasteiger charge is -2.20. The third-order valence-corrected chi connectivity index (χ3v) is 12.3. The Morgan fingerprint density at radius 1 is 0.228 bits per heavy atom. The summed E-state index contributed by atoms with van der Waals surface area (Å²) in [5, 5.41) is 0. The van der Waals surface area contributed by atoms with Crippen molar-refractivity contribution in [1.29, 1.82) is 0 Å². The Morgan fingerprint density at radius 2 is 0.526 bits per heavy atom. The van der Waals surface area contributed by atoms with Gasteiger partial charge in [0.25, 0.3) is 0 Å². The monoisotopic (exact) mass is 724 g/mol. The Hall–Kier alpha value is -7.02. The topological polar surface area (TPSA) is 0 Å². The second-order valence-corrected chi connectivity index (χ2v) is 15.7. The molecule has 0 N–H and O–H groups in total. The van der Waals surface area contributed by atoms with E-state index in [1.807, 2.05) is 0 Å². The maximum atomic E-state index is 2.39. The lowest BCUT2D eigenvalue weighted by molar-refractivity contribution is 0.978. The van der Waals surface area contributed by atoms with Crippen LogP contribution in [0, 0.1) is 0 Å². The van der Waals surface area contributed by atoms with E-state index in [0.717, 1.165) is 12.8 Å². The minimum atomic E-state index is 0.0895. The average molecular weight is 725 g/mol. The molecular formula is C57H40. The van der Waals surface area contributed by atoms with Crippen molar-refractivity contribution < 1.29 is 0 Å². The Bertz CT molecular complexity index is 2760. The highest BCUT2D eigenvalue weighted by atomic mass is 14.3. The van der Waals surface area contributed by atoms with Gasteiger partial charge in [-0.2, -0.15) is 0 Å². The lowest BCUT2D eigenvalue weighted by Crippen LogP contribution is -2.03. The molecule has 11 rings (SSSR count). The molecule has 2 aliphatic carbocycles. The summed E-state index contributed by atoms with van der Waals surface area (Å²) >= 11 is 0. The molecule has 0 aromatic heterocycles. The number of benzene rings is 9. The van der Waals surface area contributed by atoms with Crippen LogP contribution in [0.2, 0.25) is 0 Å². The van der Waals surface area contributed by atoms with Gasteiger partial charge in [0.1, 0.15) is 0 Å².